The summed E-state index contributed by atoms with van der Waals surface area (Å²) in [6.07, 6.45) is 0. The second kappa shape index (κ2) is 4.77. The molecule has 2 amide bonds. The zero-order valence-electron chi connectivity index (χ0n) is 9.43. The van der Waals surface area contributed by atoms with E-state index in [9.17, 15) is 4.79 Å². The van der Waals surface area contributed by atoms with Crippen LogP contribution in [0.2, 0.25) is 0 Å². The van der Waals surface area contributed by atoms with Crippen molar-refractivity contribution in [2.24, 2.45) is 4.99 Å². The van der Waals surface area contributed by atoms with Crippen LogP contribution in [0.3, 0.4) is 0 Å². The summed E-state index contributed by atoms with van der Waals surface area (Å²) < 4.78 is 10.4. The lowest BCUT2D eigenvalue weighted by atomic mass is 10.3. The van der Waals surface area contributed by atoms with Gasteiger partial charge in [0.2, 0.25) is 6.79 Å². The van der Waals surface area contributed by atoms with Gasteiger partial charge in [0, 0.05) is 17.5 Å². The Kier molecular flexibility index (Phi) is 2.97. The van der Waals surface area contributed by atoms with Gasteiger partial charge in [-0.2, -0.15) is 0 Å². The van der Waals surface area contributed by atoms with Gasteiger partial charge in [0.25, 0.3) is 0 Å². The fourth-order valence-corrected chi connectivity index (χ4v) is 2.37. The molecular formula is C11H11N3O3S. The second-order valence-electron chi connectivity index (χ2n) is 3.68. The Morgan fingerprint density at radius 2 is 2.17 bits per heavy atom. The standard InChI is InChI=1S/C11H11N3O3S/c15-10(14-11-12-3-4-18-11)13-7-1-2-8-9(5-7)17-6-16-8/h1-2,5H,3-4,6H2,(H2,12,13,14,15). The molecule has 0 fully saturated rings. The van der Waals surface area contributed by atoms with E-state index in [-0.39, 0.29) is 12.8 Å². The predicted molar refractivity (Wildman–Crippen MR) is 69.5 cm³/mol. The molecule has 2 aliphatic rings. The average Bonchev–Trinajstić information content (AvgIpc) is 2.98. The summed E-state index contributed by atoms with van der Waals surface area (Å²) in [5, 5.41) is 6.07. The summed E-state index contributed by atoms with van der Waals surface area (Å²) in [5.74, 6) is 2.25. The van der Waals surface area contributed by atoms with Crippen LogP contribution in [-0.2, 0) is 0 Å². The van der Waals surface area contributed by atoms with E-state index in [4.69, 9.17) is 9.47 Å². The summed E-state index contributed by atoms with van der Waals surface area (Å²) in [6.45, 7) is 0.975. The quantitative estimate of drug-likeness (QED) is 0.809. The van der Waals surface area contributed by atoms with Gasteiger partial charge < -0.3 is 14.8 Å². The maximum absolute atomic E-state index is 11.7. The van der Waals surface area contributed by atoms with Gasteiger partial charge in [-0.1, -0.05) is 11.8 Å². The van der Waals surface area contributed by atoms with E-state index in [1.807, 2.05) is 0 Å². The number of hydrogen-bond acceptors (Lipinski definition) is 5. The molecule has 0 unspecified atom stereocenters. The number of fused-ring (bicyclic) bond motifs is 1. The van der Waals surface area contributed by atoms with Crippen molar-refractivity contribution >= 4 is 28.6 Å². The average molecular weight is 265 g/mol. The molecule has 94 valence electrons. The maximum atomic E-state index is 11.7. The number of ether oxygens (including phenoxy) is 2. The van der Waals surface area contributed by atoms with E-state index in [0.717, 1.165) is 12.3 Å². The van der Waals surface area contributed by atoms with E-state index in [0.29, 0.717) is 22.4 Å². The predicted octanol–water partition coefficient (Wildman–Crippen LogP) is 1.64. The Bertz CT molecular complexity index is 518. The molecular weight excluding hydrogens is 254 g/mol. The zero-order valence-corrected chi connectivity index (χ0v) is 10.3. The van der Waals surface area contributed by atoms with Gasteiger partial charge in [-0.25, -0.2) is 4.79 Å². The summed E-state index contributed by atoms with van der Waals surface area (Å²) >= 11 is 1.53. The van der Waals surface area contributed by atoms with Gasteiger partial charge in [-0.05, 0) is 12.1 Å². The number of amidine groups is 1. The Labute approximate surface area is 108 Å². The van der Waals surface area contributed by atoms with Gasteiger partial charge in [0.1, 0.15) is 0 Å². The molecule has 1 aromatic carbocycles. The topological polar surface area (TPSA) is 72.0 Å². The Balaban J connectivity index is 1.63. The highest BCUT2D eigenvalue weighted by molar-refractivity contribution is 8.14. The number of anilines is 1. The number of carbonyl (C=O) groups excluding carboxylic acids is 1. The van der Waals surface area contributed by atoms with Crippen LogP contribution >= 0.6 is 11.8 Å². The first-order chi connectivity index (χ1) is 8.81. The minimum absolute atomic E-state index is 0.221. The Morgan fingerprint density at radius 1 is 1.28 bits per heavy atom. The molecule has 0 atom stereocenters. The zero-order chi connectivity index (χ0) is 12.4. The van der Waals surface area contributed by atoms with Gasteiger partial charge in [-0.15, -0.1) is 0 Å². The van der Waals surface area contributed by atoms with Crippen molar-refractivity contribution in [3.63, 3.8) is 0 Å². The van der Waals surface area contributed by atoms with Crippen molar-refractivity contribution in [2.45, 2.75) is 0 Å². The smallest absolute Gasteiger partial charge is 0.325 e. The van der Waals surface area contributed by atoms with Crippen LogP contribution in [0.4, 0.5) is 10.5 Å². The minimum Gasteiger partial charge on any atom is -0.454 e. The largest absolute Gasteiger partial charge is 0.454 e. The van der Waals surface area contributed by atoms with E-state index in [1.165, 1.54) is 11.8 Å². The highest BCUT2D eigenvalue weighted by atomic mass is 32.2. The molecule has 2 heterocycles. The lowest BCUT2D eigenvalue weighted by Crippen LogP contribution is -2.31. The first-order valence-electron chi connectivity index (χ1n) is 5.46. The number of nitrogens with zero attached hydrogens (tertiary/aromatic N) is 1. The first-order valence-corrected chi connectivity index (χ1v) is 6.45. The number of nitrogens with one attached hydrogen (secondary N) is 2. The van der Waals surface area contributed by atoms with Crippen molar-refractivity contribution in [1.82, 2.24) is 5.32 Å². The molecule has 0 aliphatic carbocycles. The number of carbonyl (C=O) groups is 1. The minimum atomic E-state index is -0.304. The van der Waals surface area contributed by atoms with E-state index >= 15 is 0 Å². The number of urea groups is 1. The van der Waals surface area contributed by atoms with Crippen LogP contribution in [0.1, 0.15) is 0 Å². The third-order valence-corrected chi connectivity index (χ3v) is 3.33. The number of aliphatic imine (C=N–C) groups is 1. The number of rotatable bonds is 1. The van der Waals surface area contributed by atoms with E-state index in [2.05, 4.69) is 15.6 Å². The number of hydrogen-bond donors (Lipinski definition) is 2. The molecule has 2 N–H and O–H groups in total. The second-order valence-corrected chi connectivity index (χ2v) is 4.77. The highest BCUT2D eigenvalue weighted by Crippen LogP contribution is 2.34. The molecule has 1 aromatic rings. The third-order valence-electron chi connectivity index (χ3n) is 2.44. The van der Waals surface area contributed by atoms with Crippen LogP contribution in [0.15, 0.2) is 23.2 Å². The lowest BCUT2D eigenvalue weighted by Gasteiger charge is -2.07. The van der Waals surface area contributed by atoms with E-state index < -0.39 is 0 Å². The molecule has 0 aromatic heterocycles. The van der Waals surface area contributed by atoms with Crippen molar-refractivity contribution in [2.75, 3.05) is 24.4 Å². The molecule has 0 saturated carbocycles. The van der Waals surface area contributed by atoms with Crippen LogP contribution in [0.25, 0.3) is 0 Å². The van der Waals surface area contributed by atoms with Crippen molar-refractivity contribution in [3.8, 4) is 11.5 Å². The van der Waals surface area contributed by atoms with Gasteiger partial charge in [0.05, 0.1) is 6.54 Å². The van der Waals surface area contributed by atoms with Gasteiger partial charge >= 0.3 is 6.03 Å². The molecule has 6 nitrogen and oxygen atoms in total. The summed E-state index contributed by atoms with van der Waals surface area (Å²) in [6, 6.07) is 4.95. The van der Waals surface area contributed by atoms with Crippen molar-refractivity contribution in [1.29, 1.82) is 0 Å². The van der Waals surface area contributed by atoms with Gasteiger partial charge in [-0.3, -0.25) is 10.3 Å². The molecule has 0 saturated heterocycles. The summed E-state index contributed by atoms with van der Waals surface area (Å²) in [7, 11) is 0. The Hall–Kier alpha value is -1.89. The van der Waals surface area contributed by atoms with E-state index in [1.54, 1.807) is 18.2 Å². The molecule has 0 bridgehead atoms. The highest BCUT2D eigenvalue weighted by Gasteiger charge is 2.15. The Morgan fingerprint density at radius 3 is 3.00 bits per heavy atom. The van der Waals surface area contributed by atoms with Gasteiger partial charge in [0.15, 0.2) is 16.7 Å². The van der Waals surface area contributed by atoms with Crippen LogP contribution in [0.5, 0.6) is 11.5 Å². The number of benzene rings is 1. The maximum Gasteiger partial charge on any atom is 0.325 e. The molecule has 0 spiro atoms. The fourth-order valence-electron chi connectivity index (χ4n) is 1.64. The van der Waals surface area contributed by atoms with Crippen molar-refractivity contribution < 1.29 is 14.3 Å². The van der Waals surface area contributed by atoms with Crippen LogP contribution < -0.4 is 20.1 Å². The molecule has 3 rings (SSSR count). The lowest BCUT2D eigenvalue weighted by molar-refractivity contribution is 0.174. The SMILES string of the molecule is O=C(NC1=NCCS1)Nc1ccc2c(c1)OCO2. The summed E-state index contributed by atoms with van der Waals surface area (Å²) in [5.41, 5.74) is 0.653. The number of amides is 2. The molecule has 7 heteroatoms. The fraction of sp³-hybridized carbons (Fsp3) is 0.273. The molecule has 0 radical (unpaired) electrons. The van der Waals surface area contributed by atoms with Crippen LogP contribution in [0, 0.1) is 0 Å². The van der Waals surface area contributed by atoms with Crippen LogP contribution in [-0.4, -0.2) is 30.3 Å². The normalized spacial score (nSPS) is 16.3. The first kappa shape index (κ1) is 11.2. The summed E-state index contributed by atoms with van der Waals surface area (Å²) in [4.78, 5) is 15.8. The van der Waals surface area contributed by atoms with Crippen molar-refractivity contribution in [3.05, 3.63) is 18.2 Å². The monoisotopic (exact) mass is 265 g/mol. The molecule has 2 aliphatic heterocycles. The third kappa shape index (κ3) is 2.35. The molecule has 18 heavy (non-hydrogen) atoms. The number of thioether (sulfide) groups is 1.